The Balaban J connectivity index is 1.88. The van der Waals surface area contributed by atoms with Crippen molar-refractivity contribution in [1.29, 1.82) is 0 Å². The molecule has 0 radical (unpaired) electrons. The number of piperidine rings is 1. The van der Waals surface area contributed by atoms with E-state index in [9.17, 15) is 13.2 Å². The molecule has 1 aromatic rings. The first-order chi connectivity index (χ1) is 9.16. The smallest absolute Gasteiger partial charge is 0.338 e. The average Bonchev–Trinajstić information content (AvgIpc) is 2.77. The van der Waals surface area contributed by atoms with Gasteiger partial charge in [0, 0.05) is 0 Å². The third-order valence-electron chi connectivity index (χ3n) is 3.45. The standard InChI is InChI=1S/C12H19F3N4O/c1-11(2,16)10-17-9(20-18-10)7-19-5-3-8(4-6-19)12(13,14)15/h8H,3-7,16H2,1-2H3. The van der Waals surface area contributed by atoms with Crippen molar-refractivity contribution in [2.45, 2.75) is 44.9 Å². The van der Waals surface area contributed by atoms with Crippen LogP contribution in [0.1, 0.15) is 38.4 Å². The van der Waals surface area contributed by atoms with Crippen molar-refractivity contribution in [2.24, 2.45) is 11.7 Å². The normalized spacial score (nSPS) is 19.5. The van der Waals surface area contributed by atoms with Crippen LogP contribution < -0.4 is 5.73 Å². The molecule has 0 amide bonds. The van der Waals surface area contributed by atoms with Gasteiger partial charge in [-0.3, -0.25) is 4.90 Å². The van der Waals surface area contributed by atoms with Gasteiger partial charge >= 0.3 is 6.18 Å². The number of halogens is 3. The summed E-state index contributed by atoms with van der Waals surface area (Å²) in [5.41, 5.74) is 5.16. The highest BCUT2D eigenvalue weighted by atomic mass is 19.4. The fourth-order valence-corrected chi connectivity index (χ4v) is 2.19. The van der Waals surface area contributed by atoms with Gasteiger partial charge in [0.25, 0.3) is 0 Å². The maximum Gasteiger partial charge on any atom is 0.391 e. The van der Waals surface area contributed by atoms with E-state index in [2.05, 4.69) is 10.1 Å². The van der Waals surface area contributed by atoms with E-state index < -0.39 is 17.6 Å². The van der Waals surface area contributed by atoms with Crippen LogP contribution in [0.2, 0.25) is 0 Å². The first-order valence-electron chi connectivity index (χ1n) is 6.57. The first-order valence-corrected chi connectivity index (χ1v) is 6.57. The SMILES string of the molecule is CC(C)(N)c1noc(CN2CCC(C(F)(F)F)CC2)n1. The van der Waals surface area contributed by atoms with Crippen LogP contribution in [0.4, 0.5) is 13.2 Å². The highest BCUT2D eigenvalue weighted by Crippen LogP contribution is 2.34. The lowest BCUT2D eigenvalue weighted by atomic mass is 9.96. The van der Waals surface area contributed by atoms with Gasteiger partial charge in [-0.15, -0.1) is 0 Å². The Hall–Kier alpha value is -1.15. The molecule has 5 nitrogen and oxygen atoms in total. The summed E-state index contributed by atoms with van der Waals surface area (Å²) < 4.78 is 42.8. The third-order valence-corrected chi connectivity index (χ3v) is 3.45. The van der Waals surface area contributed by atoms with Crippen molar-refractivity contribution in [2.75, 3.05) is 13.1 Å². The van der Waals surface area contributed by atoms with Gasteiger partial charge in [-0.1, -0.05) is 5.16 Å². The third kappa shape index (κ3) is 3.69. The number of hydrogen-bond donors (Lipinski definition) is 1. The topological polar surface area (TPSA) is 68.2 Å². The van der Waals surface area contributed by atoms with Gasteiger partial charge in [-0.2, -0.15) is 18.2 Å². The Bertz CT molecular complexity index is 444. The molecule has 8 heteroatoms. The second kappa shape index (κ2) is 5.33. The van der Waals surface area contributed by atoms with Gasteiger partial charge in [-0.05, 0) is 39.8 Å². The van der Waals surface area contributed by atoms with E-state index in [-0.39, 0.29) is 12.8 Å². The lowest BCUT2D eigenvalue weighted by Gasteiger charge is -2.31. The summed E-state index contributed by atoms with van der Waals surface area (Å²) in [4.78, 5) is 6.07. The van der Waals surface area contributed by atoms with Crippen molar-refractivity contribution < 1.29 is 17.7 Å². The summed E-state index contributed by atoms with van der Waals surface area (Å²) in [5, 5.41) is 3.79. The molecule has 1 saturated heterocycles. The van der Waals surface area contributed by atoms with Gasteiger partial charge in [0.2, 0.25) is 5.89 Å². The second-order valence-corrected chi connectivity index (χ2v) is 5.83. The summed E-state index contributed by atoms with van der Waals surface area (Å²) in [6, 6.07) is 0. The Kier molecular flexibility index (Phi) is 4.06. The fraction of sp³-hybridized carbons (Fsp3) is 0.833. The molecule has 114 valence electrons. The molecule has 20 heavy (non-hydrogen) atoms. The van der Waals surface area contributed by atoms with E-state index >= 15 is 0 Å². The van der Waals surface area contributed by atoms with E-state index in [1.54, 1.807) is 13.8 Å². The predicted molar refractivity (Wildman–Crippen MR) is 65.6 cm³/mol. The Labute approximate surface area is 115 Å². The minimum atomic E-state index is -4.09. The molecule has 1 fully saturated rings. The number of likely N-dealkylation sites (tertiary alicyclic amines) is 1. The molecule has 1 aliphatic heterocycles. The van der Waals surface area contributed by atoms with Crippen LogP contribution in [-0.2, 0) is 12.1 Å². The van der Waals surface area contributed by atoms with Crippen LogP contribution in [0, 0.1) is 5.92 Å². The highest BCUT2D eigenvalue weighted by Gasteiger charge is 2.41. The van der Waals surface area contributed by atoms with Gasteiger partial charge < -0.3 is 10.3 Å². The molecule has 0 atom stereocenters. The molecule has 2 N–H and O–H groups in total. The van der Waals surface area contributed by atoms with Crippen molar-refractivity contribution in [1.82, 2.24) is 15.0 Å². The molecule has 0 aromatic carbocycles. The van der Waals surface area contributed by atoms with E-state index in [0.29, 0.717) is 31.3 Å². The number of hydrogen-bond acceptors (Lipinski definition) is 5. The quantitative estimate of drug-likeness (QED) is 0.923. The molecular weight excluding hydrogens is 273 g/mol. The zero-order valence-electron chi connectivity index (χ0n) is 11.6. The van der Waals surface area contributed by atoms with Crippen LogP contribution in [-0.4, -0.2) is 34.3 Å². The average molecular weight is 292 g/mol. The molecule has 0 bridgehead atoms. The lowest BCUT2D eigenvalue weighted by molar-refractivity contribution is -0.185. The molecular formula is C12H19F3N4O. The number of alkyl halides is 3. The minimum Gasteiger partial charge on any atom is -0.338 e. The van der Waals surface area contributed by atoms with Crippen molar-refractivity contribution >= 4 is 0 Å². The summed E-state index contributed by atoms with van der Waals surface area (Å²) in [6.45, 7) is 4.66. The van der Waals surface area contributed by atoms with E-state index in [1.807, 2.05) is 4.90 Å². The van der Waals surface area contributed by atoms with E-state index in [1.165, 1.54) is 0 Å². The largest absolute Gasteiger partial charge is 0.391 e. The van der Waals surface area contributed by atoms with E-state index in [0.717, 1.165) is 0 Å². The molecule has 0 spiro atoms. The molecule has 0 aliphatic carbocycles. The van der Waals surface area contributed by atoms with Gasteiger partial charge in [0.05, 0.1) is 18.0 Å². The Morgan fingerprint density at radius 2 is 1.90 bits per heavy atom. The Morgan fingerprint density at radius 3 is 2.35 bits per heavy atom. The summed E-state index contributed by atoms with van der Waals surface area (Å²) >= 11 is 0. The molecule has 2 heterocycles. The molecule has 0 saturated carbocycles. The monoisotopic (exact) mass is 292 g/mol. The molecule has 0 unspecified atom stereocenters. The van der Waals surface area contributed by atoms with Crippen LogP contribution in [0.5, 0.6) is 0 Å². The molecule has 2 rings (SSSR count). The van der Waals surface area contributed by atoms with Crippen molar-refractivity contribution in [3.8, 4) is 0 Å². The summed E-state index contributed by atoms with van der Waals surface area (Å²) in [7, 11) is 0. The van der Waals surface area contributed by atoms with Crippen LogP contribution in [0.3, 0.4) is 0 Å². The van der Waals surface area contributed by atoms with Crippen molar-refractivity contribution in [3.05, 3.63) is 11.7 Å². The molecule has 1 aromatic heterocycles. The zero-order chi connectivity index (χ0) is 15.0. The zero-order valence-corrected chi connectivity index (χ0v) is 11.6. The van der Waals surface area contributed by atoms with Gasteiger partial charge in [0.15, 0.2) is 5.82 Å². The Morgan fingerprint density at radius 1 is 1.30 bits per heavy atom. The minimum absolute atomic E-state index is 0.118. The first kappa shape index (κ1) is 15.2. The van der Waals surface area contributed by atoms with Crippen LogP contribution in [0.15, 0.2) is 4.52 Å². The summed E-state index contributed by atoms with van der Waals surface area (Å²) in [5.74, 6) is -0.401. The van der Waals surface area contributed by atoms with Crippen LogP contribution >= 0.6 is 0 Å². The number of aromatic nitrogens is 2. The highest BCUT2D eigenvalue weighted by molar-refractivity contribution is 4.99. The van der Waals surface area contributed by atoms with Crippen molar-refractivity contribution in [3.63, 3.8) is 0 Å². The predicted octanol–water partition coefficient (Wildman–Crippen LogP) is 2.04. The van der Waals surface area contributed by atoms with Gasteiger partial charge in [0.1, 0.15) is 0 Å². The molecule has 1 aliphatic rings. The number of rotatable bonds is 3. The fourth-order valence-electron chi connectivity index (χ4n) is 2.19. The second-order valence-electron chi connectivity index (χ2n) is 5.83. The lowest BCUT2D eigenvalue weighted by Crippen LogP contribution is -2.38. The maximum absolute atomic E-state index is 12.6. The van der Waals surface area contributed by atoms with Crippen LogP contribution in [0.25, 0.3) is 0 Å². The number of nitrogens with two attached hydrogens (primary N) is 1. The van der Waals surface area contributed by atoms with E-state index in [4.69, 9.17) is 10.3 Å². The van der Waals surface area contributed by atoms with Gasteiger partial charge in [-0.25, -0.2) is 0 Å². The maximum atomic E-state index is 12.6. The summed E-state index contributed by atoms with van der Waals surface area (Å²) in [6.07, 6.45) is -3.85. The number of nitrogens with zero attached hydrogens (tertiary/aromatic N) is 3.